The summed E-state index contributed by atoms with van der Waals surface area (Å²) in [5.41, 5.74) is 0.468. The lowest BCUT2D eigenvalue weighted by Crippen LogP contribution is -2.21. The minimum absolute atomic E-state index is 0.0231. The molecule has 1 aromatic carbocycles. The van der Waals surface area contributed by atoms with Crippen molar-refractivity contribution in [2.45, 2.75) is 26.8 Å². The van der Waals surface area contributed by atoms with Gasteiger partial charge < -0.3 is 5.32 Å². The van der Waals surface area contributed by atoms with E-state index in [1.165, 1.54) is 19.1 Å². The largest absolute Gasteiger partial charge is 0.322 e. The number of amides is 1. The number of carbonyl (C=O) groups excluding carboxylic acids is 1. The number of alkyl halides is 2. The van der Waals surface area contributed by atoms with Crippen molar-refractivity contribution in [2.24, 2.45) is 0 Å². The molecule has 0 saturated carbocycles. The van der Waals surface area contributed by atoms with Gasteiger partial charge in [0.1, 0.15) is 18.1 Å². The Bertz CT molecular complexity index is 716. The molecule has 1 heterocycles. The summed E-state index contributed by atoms with van der Waals surface area (Å²) in [5, 5.41) is 5.81. The lowest BCUT2D eigenvalue weighted by atomic mass is 10.2. The zero-order chi connectivity index (χ0) is 16.4. The smallest absolute Gasteiger partial charge is 0.283 e. The number of aromatic nitrogens is 2. The lowest BCUT2D eigenvalue weighted by molar-refractivity contribution is -0.117. The molecule has 1 N–H and O–H groups in total. The highest BCUT2D eigenvalue weighted by Gasteiger charge is 2.21. The van der Waals surface area contributed by atoms with Crippen molar-refractivity contribution in [3.8, 4) is 0 Å². The number of nitrogens with one attached hydrogen (secondary N) is 1. The molecule has 0 spiro atoms. The van der Waals surface area contributed by atoms with Crippen LogP contribution in [0.5, 0.6) is 0 Å². The standard InChI is InChI=1S/C14H13ClF3N3O/c1-7-3-4-9(16)10(5-7)19-11(22)6-21-8(2)12(15)13(20-21)14(17)18/h3-5,14H,6H2,1-2H3,(H,19,22). The topological polar surface area (TPSA) is 46.9 Å². The van der Waals surface area contributed by atoms with Gasteiger partial charge >= 0.3 is 0 Å². The average molecular weight is 332 g/mol. The van der Waals surface area contributed by atoms with Gasteiger partial charge in [0.15, 0.2) is 0 Å². The van der Waals surface area contributed by atoms with E-state index < -0.39 is 23.8 Å². The fourth-order valence-electron chi connectivity index (χ4n) is 1.90. The number of anilines is 1. The maximum absolute atomic E-state index is 13.6. The van der Waals surface area contributed by atoms with Crippen LogP contribution in [-0.4, -0.2) is 15.7 Å². The molecule has 118 valence electrons. The van der Waals surface area contributed by atoms with Crippen LogP contribution in [0.15, 0.2) is 18.2 Å². The van der Waals surface area contributed by atoms with Crippen LogP contribution in [0.3, 0.4) is 0 Å². The number of benzene rings is 1. The predicted octanol–water partition coefficient (Wildman–Crippen LogP) is 3.87. The number of hydrogen-bond donors (Lipinski definition) is 1. The summed E-state index contributed by atoms with van der Waals surface area (Å²) >= 11 is 5.74. The molecule has 0 unspecified atom stereocenters. The third-order valence-electron chi connectivity index (χ3n) is 3.05. The summed E-state index contributed by atoms with van der Waals surface area (Å²) in [5.74, 6) is -1.17. The summed E-state index contributed by atoms with van der Waals surface area (Å²) in [4.78, 5) is 11.9. The molecule has 2 rings (SSSR count). The van der Waals surface area contributed by atoms with Gasteiger partial charge in [0.2, 0.25) is 5.91 Å². The van der Waals surface area contributed by atoms with Crippen molar-refractivity contribution in [2.75, 3.05) is 5.32 Å². The summed E-state index contributed by atoms with van der Waals surface area (Å²) in [7, 11) is 0. The maximum atomic E-state index is 13.6. The van der Waals surface area contributed by atoms with E-state index in [0.29, 0.717) is 0 Å². The number of aryl methyl sites for hydroxylation is 1. The van der Waals surface area contributed by atoms with Crippen LogP contribution in [0.1, 0.15) is 23.4 Å². The second-order valence-electron chi connectivity index (χ2n) is 4.77. The number of carbonyl (C=O) groups is 1. The Kier molecular flexibility index (Phi) is 4.75. The Hall–Kier alpha value is -2.02. The van der Waals surface area contributed by atoms with Gasteiger partial charge in [0.25, 0.3) is 6.43 Å². The molecule has 0 saturated heterocycles. The molecule has 0 aliphatic rings. The van der Waals surface area contributed by atoms with Crippen LogP contribution in [0.4, 0.5) is 18.9 Å². The Morgan fingerprint density at radius 3 is 2.68 bits per heavy atom. The van der Waals surface area contributed by atoms with Crippen molar-refractivity contribution in [1.29, 1.82) is 0 Å². The Morgan fingerprint density at radius 1 is 1.41 bits per heavy atom. The van der Waals surface area contributed by atoms with Gasteiger partial charge in [0.05, 0.1) is 16.4 Å². The van der Waals surface area contributed by atoms with Gasteiger partial charge in [-0.1, -0.05) is 17.7 Å². The van der Waals surface area contributed by atoms with Gasteiger partial charge in [-0.3, -0.25) is 9.48 Å². The van der Waals surface area contributed by atoms with Crippen LogP contribution in [0.25, 0.3) is 0 Å². The first kappa shape index (κ1) is 16.4. The van der Waals surface area contributed by atoms with Crippen LogP contribution in [0, 0.1) is 19.7 Å². The van der Waals surface area contributed by atoms with Crippen molar-refractivity contribution >= 4 is 23.2 Å². The van der Waals surface area contributed by atoms with E-state index in [1.54, 1.807) is 13.0 Å². The van der Waals surface area contributed by atoms with Crippen LogP contribution >= 0.6 is 11.6 Å². The molecule has 0 radical (unpaired) electrons. The first-order chi connectivity index (χ1) is 10.3. The summed E-state index contributed by atoms with van der Waals surface area (Å²) in [6.45, 7) is 2.88. The SMILES string of the molecule is Cc1ccc(F)c(NC(=O)Cn2nc(C(F)F)c(Cl)c2C)c1. The van der Waals surface area contributed by atoms with Gasteiger partial charge in [-0.2, -0.15) is 5.10 Å². The van der Waals surface area contributed by atoms with Crippen LogP contribution < -0.4 is 5.32 Å². The molecule has 0 bridgehead atoms. The molecule has 2 aromatic rings. The highest BCUT2D eigenvalue weighted by atomic mass is 35.5. The fourth-order valence-corrected chi connectivity index (χ4v) is 2.12. The number of nitrogens with zero attached hydrogens (tertiary/aromatic N) is 2. The second kappa shape index (κ2) is 6.39. The van der Waals surface area contributed by atoms with E-state index in [-0.39, 0.29) is 22.9 Å². The van der Waals surface area contributed by atoms with Crippen LogP contribution in [0.2, 0.25) is 5.02 Å². The summed E-state index contributed by atoms with van der Waals surface area (Å²) in [6, 6.07) is 4.27. The average Bonchev–Trinajstić information content (AvgIpc) is 2.71. The molecular formula is C14H13ClF3N3O. The van der Waals surface area contributed by atoms with Crippen molar-refractivity contribution in [3.05, 3.63) is 46.0 Å². The fraction of sp³-hybridized carbons (Fsp3) is 0.286. The zero-order valence-corrected chi connectivity index (χ0v) is 12.6. The maximum Gasteiger partial charge on any atom is 0.283 e. The van der Waals surface area contributed by atoms with E-state index >= 15 is 0 Å². The quantitative estimate of drug-likeness (QED) is 0.924. The Balaban J connectivity index is 2.16. The molecule has 0 aliphatic carbocycles. The number of hydrogen-bond acceptors (Lipinski definition) is 2. The van der Waals surface area contributed by atoms with Crippen LogP contribution in [-0.2, 0) is 11.3 Å². The van der Waals surface area contributed by atoms with E-state index in [1.807, 2.05) is 0 Å². The predicted molar refractivity (Wildman–Crippen MR) is 76.7 cm³/mol. The van der Waals surface area contributed by atoms with Crippen molar-refractivity contribution < 1.29 is 18.0 Å². The van der Waals surface area contributed by atoms with Gasteiger partial charge in [-0.15, -0.1) is 0 Å². The van der Waals surface area contributed by atoms with E-state index in [4.69, 9.17) is 11.6 Å². The molecule has 8 heteroatoms. The first-order valence-electron chi connectivity index (χ1n) is 6.36. The minimum atomic E-state index is -2.83. The minimum Gasteiger partial charge on any atom is -0.322 e. The van der Waals surface area contributed by atoms with Gasteiger partial charge in [-0.05, 0) is 31.5 Å². The van der Waals surface area contributed by atoms with Crippen molar-refractivity contribution in [3.63, 3.8) is 0 Å². The highest BCUT2D eigenvalue weighted by Crippen LogP contribution is 2.28. The summed E-state index contributed by atoms with van der Waals surface area (Å²) < 4.78 is 40.0. The van der Waals surface area contributed by atoms with E-state index in [9.17, 15) is 18.0 Å². The van der Waals surface area contributed by atoms with E-state index in [2.05, 4.69) is 10.4 Å². The normalized spacial score (nSPS) is 11.0. The van der Waals surface area contributed by atoms with Gasteiger partial charge in [0, 0.05) is 0 Å². The molecule has 4 nitrogen and oxygen atoms in total. The zero-order valence-electron chi connectivity index (χ0n) is 11.8. The summed E-state index contributed by atoms with van der Waals surface area (Å²) in [6.07, 6.45) is -2.83. The Labute approximate surface area is 129 Å². The lowest BCUT2D eigenvalue weighted by Gasteiger charge is -2.08. The number of rotatable bonds is 4. The monoisotopic (exact) mass is 331 g/mol. The molecule has 22 heavy (non-hydrogen) atoms. The third-order valence-corrected chi connectivity index (χ3v) is 3.52. The molecule has 1 amide bonds. The molecule has 0 aliphatic heterocycles. The molecular weight excluding hydrogens is 319 g/mol. The van der Waals surface area contributed by atoms with Gasteiger partial charge in [-0.25, -0.2) is 13.2 Å². The van der Waals surface area contributed by atoms with E-state index in [0.717, 1.165) is 10.2 Å². The Morgan fingerprint density at radius 2 is 2.09 bits per heavy atom. The molecule has 0 atom stereocenters. The third kappa shape index (κ3) is 3.41. The number of halogens is 4. The first-order valence-corrected chi connectivity index (χ1v) is 6.74. The molecule has 1 aromatic heterocycles. The molecule has 0 fully saturated rings. The highest BCUT2D eigenvalue weighted by molar-refractivity contribution is 6.31. The second-order valence-corrected chi connectivity index (χ2v) is 5.15. The van der Waals surface area contributed by atoms with Crippen molar-refractivity contribution in [1.82, 2.24) is 9.78 Å².